The third-order valence-electron chi connectivity index (χ3n) is 5.28. The number of rotatable bonds is 8. The number of anilines is 1. The van der Waals surface area contributed by atoms with Gasteiger partial charge in [0.2, 0.25) is 5.91 Å². The van der Waals surface area contributed by atoms with Crippen LogP contribution in [0.4, 0.5) is 5.69 Å². The van der Waals surface area contributed by atoms with E-state index in [1.807, 2.05) is 19.2 Å². The molecule has 0 saturated carbocycles. The summed E-state index contributed by atoms with van der Waals surface area (Å²) in [5.74, 6) is 0.400. The average molecular weight is 399 g/mol. The summed E-state index contributed by atoms with van der Waals surface area (Å²) in [4.78, 5) is 33.0. The second-order valence-electron chi connectivity index (χ2n) is 7.54. The van der Waals surface area contributed by atoms with Gasteiger partial charge in [-0.05, 0) is 30.4 Å². The van der Waals surface area contributed by atoms with Gasteiger partial charge in [-0.2, -0.15) is 5.10 Å². The fourth-order valence-electron chi connectivity index (χ4n) is 3.67. The van der Waals surface area contributed by atoms with E-state index in [0.717, 1.165) is 37.2 Å². The molecule has 8 heteroatoms. The van der Waals surface area contributed by atoms with Gasteiger partial charge in [0.25, 0.3) is 5.56 Å². The van der Waals surface area contributed by atoms with Crippen LogP contribution in [0.2, 0.25) is 0 Å². The molecule has 0 aliphatic carbocycles. The first kappa shape index (κ1) is 21.0. The molecule has 3 heterocycles. The van der Waals surface area contributed by atoms with E-state index in [9.17, 15) is 9.59 Å². The number of ether oxygens (including phenoxy) is 1. The quantitative estimate of drug-likeness (QED) is 0.670. The van der Waals surface area contributed by atoms with E-state index in [1.165, 1.54) is 4.68 Å². The molecule has 2 aromatic heterocycles. The first-order chi connectivity index (χ1) is 14.1. The number of aromatic nitrogens is 3. The third-order valence-corrected chi connectivity index (χ3v) is 5.28. The summed E-state index contributed by atoms with van der Waals surface area (Å²) in [6.07, 6.45) is 7.76. The maximum Gasteiger partial charge on any atom is 0.268 e. The van der Waals surface area contributed by atoms with Gasteiger partial charge < -0.3 is 14.5 Å². The lowest BCUT2D eigenvalue weighted by Gasteiger charge is -2.34. The zero-order valence-corrected chi connectivity index (χ0v) is 17.2. The molecule has 0 radical (unpaired) electrons. The number of nitrogens with zero attached hydrogens (tertiary/aromatic N) is 5. The van der Waals surface area contributed by atoms with Gasteiger partial charge in [-0.3, -0.25) is 14.6 Å². The highest BCUT2D eigenvalue weighted by molar-refractivity contribution is 5.76. The van der Waals surface area contributed by atoms with Gasteiger partial charge in [0.1, 0.15) is 0 Å². The molecule has 2 aromatic rings. The smallest absolute Gasteiger partial charge is 0.268 e. The highest BCUT2D eigenvalue weighted by Gasteiger charge is 2.24. The van der Waals surface area contributed by atoms with Crippen molar-refractivity contribution in [3.05, 3.63) is 52.7 Å². The molecule has 1 aliphatic rings. The van der Waals surface area contributed by atoms with Gasteiger partial charge in [0.05, 0.1) is 25.0 Å². The standard InChI is InChI=1S/C21H29N5O3/c1-24(15-18-5-3-7-22-13-18)20(27)11-17-6-4-8-25(16-17)19-12-21(28)26(23-14-19)9-10-29-2/h3,5,7,12-14,17H,4,6,8-11,15-16H2,1-2H3. The van der Waals surface area contributed by atoms with Crippen LogP contribution in [-0.2, 0) is 22.6 Å². The Kier molecular flexibility index (Phi) is 7.35. The Morgan fingerprint density at radius 3 is 2.97 bits per heavy atom. The molecule has 3 rings (SSSR count). The average Bonchev–Trinajstić information content (AvgIpc) is 2.73. The summed E-state index contributed by atoms with van der Waals surface area (Å²) in [6.45, 7) is 3.09. The molecule has 29 heavy (non-hydrogen) atoms. The number of carbonyl (C=O) groups is 1. The Morgan fingerprint density at radius 2 is 2.24 bits per heavy atom. The van der Waals surface area contributed by atoms with E-state index in [2.05, 4.69) is 15.0 Å². The molecule has 1 fully saturated rings. The van der Waals surface area contributed by atoms with Gasteiger partial charge in [0, 0.05) is 58.7 Å². The van der Waals surface area contributed by atoms with Crippen molar-refractivity contribution >= 4 is 11.6 Å². The van der Waals surface area contributed by atoms with Crippen molar-refractivity contribution in [3.63, 3.8) is 0 Å². The summed E-state index contributed by atoms with van der Waals surface area (Å²) in [5.41, 5.74) is 1.72. The van der Waals surface area contributed by atoms with Crippen molar-refractivity contribution in [2.24, 2.45) is 5.92 Å². The lowest BCUT2D eigenvalue weighted by atomic mass is 9.94. The lowest BCUT2D eigenvalue weighted by Crippen LogP contribution is -2.39. The lowest BCUT2D eigenvalue weighted by molar-refractivity contribution is -0.131. The summed E-state index contributed by atoms with van der Waals surface area (Å²) < 4.78 is 6.41. The van der Waals surface area contributed by atoms with Crippen molar-refractivity contribution < 1.29 is 9.53 Å². The Morgan fingerprint density at radius 1 is 1.38 bits per heavy atom. The molecule has 1 atom stereocenters. The highest BCUT2D eigenvalue weighted by atomic mass is 16.5. The number of hydrogen-bond donors (Lipinski definition) is 0. The van der Waals surface area contributed by atoms with E-state index in [0.29, 0.717) is 26.1 Å². The van der Waals surface area contributed by atoms with Crippen LogP contribution in [0.1, 0.15) is 24.8 Å². The number of hydrogen-bond acceptors (Lipinski definition) is 6. The van der Waals surface area contributed by atoms with Crippen molar-refractivity contribution in [1.82, 2.24) is 19.7 Å². The summed E-state index contributed by atoms with van der Waals surface area (Å²) >= 11 is 0. The Balaban J connectivity index is 1.57. The van der Waals surface area contributed by atoms with Crippen molar-refractivity contribution in [2.45, 2.75) is 32.4 Å². The van der Waals surface area contributed by atoms with Crippen molar-refractivity contribution in [1.29, 1.82) is 0 Å². The molecule has 1 saturated heterocycles. The highest BCUT2D eigenvalue weighted by Crippen LogP contribution is 2.24. The van der Waals surface area contributed by atoms with E-state index < -0.39 is 0 Å². The van der Waals surface area contributed by atoms with Crippen LogP contribution >= 0.6 is 0 Å². The number of carbonyl (C=O) groups excluding carboxylic acids is 1. The topological polar surface area (TPSA) is 80.6 Å². The summed E-state index contributed by atoms with van der Waals surface area (Å²) in [6, 6.07) is 5.48. The van der Waals surface area contributed by atoms with Gasteiger partial charge >= 0.3 is 0 Å². The Labute approximate surface area is 171 Å². The van der Waals surface area contributed by atoms with E-state index in [4.69, 9.17) is 4.74 Å². The van der Waals surface area contributed by atoms with Gasteiger partial charge in [-0.15, -0.1) is 0 Å². The molecule has 8 nitrogen and oxygen atoms in total. The minimum absolute atomic E-state index is 0.131. The molecular formula is C21H29N5O3. The SMILES string of the molecule is COCCn1ncc(N2CCCC(CC(=O)N(C)Cc3cccnc3)C2)cc1=O. The number of piperidine rings is 1. The molecule has 0 aromatic carbocycles. The van der Waals surface area contributed by atoms with Crippen LogP contribution in [0.15, 0.2) is 41.6 Å². The normalized spacial score (nSPS) is 16.6. The fourth-order valence-corrected chi connectivity index (χ4v) is 3.67. The van der Waals surface area contributed by atoms with E-state index >= 15 is 0 Å². The van der Waals surface area contributed by atoms with Crippen LogP contribution < -0.4 is 10.5 Å². The van der Waals surface area contributed by atoms with Crippen LogP contribution in [-0.4, -0.2) is 59.4 Å². The van der Waals surface area contributed by atoms with Crippen LogP contribution in [0.3, 0.4) is 0 Å². The first-order valence-corrected chi connectivity index (χ1v) is 10.0. The summed E-state index contributed by atoms with van der Waals surface area (Å²) in [5, 5.41) is 4.25. The minimum Gasteiger partial charge on any atom is -0.383 e. The predicted octanol–water partition coefficient (Wildman–Crippen LogP) is 1.55. The largest absolute Gasteiger partial charge is 0.383 e. The van der Waals surface area contributed by atoms with Gasteiger partial charge in [0.15, 0.2) is 0 Å². The second-order valence-corrected chi connectivity index (χ2v) is 7.54. The summed E-state index contributed by atoms with van der Waals surface area (Å²) in [7, 11) is 3.43. The molecular weight excluding hydrogens is 370 g/mol. The molecule has 1 unspecified atom stereocenters. The number of methoxy groups -OCH3 is 1. The maximum atomic E-state index is 12.7. The second kappa shape index (κ2) is 10.2. The number of pyridine rings is 1. The monoisotopic (exact) mass is 399 g/mol. The Bertz CT molecular complexity index is 855. The molecule has 0 spiro atoms. The van der Waals surface area contributed by atoms with Crippen LogP contribution in [0.5, 0.6) is 0 Å². The van der Waals surface area contributed by atoms with Crippen LogP contribution in [0, 0.1) is 5.92 Å². The van der Waals surface area contributed by atoms with Crippen molar-refractivity contribution in [2.75, 3.05) is 38.8 Å². The fraction of sp³-hybridized carbons (Fsp3) is 0.524. The zero-order valence-electron chi connectivity index (χ0n) is 17.2. The van der Waals surface area contributed by atoms with Crippen molar-refractivity contribution in [3.8, 4) is 0 Å². The zero-order chi connectivity index (χ0) is 20.6. The van der Waals surface area contributed by atoms with Gasteiger partial charge in [-0.1, -0.05) is 6.07 Å². The van der Waals surface area contributed by atoms with Crippen LogP contribution in [0.25, 0.3) is 0 Å². The third kappa shape index (κ3) is 5.87. The predicted molar refractivity (Wildman–Crippen MR) is 111 cm³/mol. The van der Waals surface area contributed by atoms with Gasteiger partial charge in [-0.25, -0.2) is 4.68 Å². The molecule has 156 valence electrons. The molecule has 0 N–H and O–H groups in total. The number of amides is 1. The van der Waals surface area contributed by atoms with E-state index in [1.54, 1.807) is 36.7 Å². The molecule has 1 aliphatic heterocycles. The Hall–Kier alpha value is -2.74. The maximum absolute atomic E-state index is 12.7. The van der Waals surface area contributed by atoms with E-state index in [-0.39, 0.29) is 17.4 Å². The first-order valence-electron chi connectivity index (χ1n) is 10.0. The molecule has 0 bridgehead atoms. The minimum atomic E-state index is -0.131. The molecule has 1 amide bonds.